The molecule has 2 amide bonds. The lowest BCUT2D eigenvalue weighted by molar-refractivity contribution is 0.207. The number of aromatic hydroxyl groups is 2. The Labute approximate surface area is 111 Å². The van der Waals surface area contributed by atoms with Crippen molar-refractivity contribution in [2.45, 2.75) is 12.6 Å². The van der Waals surface area contributed by atoms with Crippen LogP contribution in [0.2, 0.25) is 0 Å². The Balaban J connectivity index is 1.55. The van der Waals surface area contributed by atoms with E-state index in [1.165, 1.54) is 12.1 Å². The molecule has 0 bridgehead atoms. The van der Waals surface area contributed by atoms with E-state index in [1.807, 2.05) is 0 Å². The maximum Gasteiger partial charge on any atom is 0.317 e. The van der Waals surface area contributed by atoms with Crippen LogP contribution >= 0.6 is 0 Å². The van der Waals surface area contributed by atoms with Gasteiger partial charge in [-0.05, 0) is 12.1 Å². The molecule has 0 saturated carbocycles. The van der Waals surface area contributed by atoms with Gasteiger partial charge in [0.25, 0.3) is 0 Å². The number of nitrogens with zero attached hydrogens (tertiary/aromatic N) is 1. The van der Waals surface area contributed by atoms with E-state index >= 15 is 0 Å². The lowest BCUT2D eigenvalue weighted by Gasteiger charge is -2.29. The summed E-state index contributed by atoms with van der Waals surface area (Å²) in [5.74, 6) is 0.589. The molecule has 2 fully saturated rings. The summed E-state index contributed by atoms with van der Waals surface area (Å²) in [6, 6.07) is 4.69. The molecule has 0 aliphatic carbocycles. The number of hydrogen-bond acceptors (Lipinski definition) is 4. The van der Waals surface area contributed by atoms with Crippen LogP contribution in [0.5, 0.6) is 11.5 Å². The first-order valence-electron chi connectivity index (χ1n) is 6.40. The number of benzene rings is 1. The molecule has 3 rings (SSSR count). The fraction of sp³-hybridized carbons (Fsp3) is 0.462. The van der Waals surface area contributed by atoms with Crippen molar-refractivity contribution >= 4 is 6.03 Å². The summed E-state index contributed by atoms with van der Waals surface area (Å²) >= 11 is 0. The summed E-state index contributed by atoms with van der Waals surface area (Å²) in [5, 5.41) is 24.9. The Morgan fingerprint density at radius 1 is 1.42 bits per heavy atom. The van der Waals surface area contributed by atoms with E-state index in [4.69, 9.17) is 0 Å². The molecular formula is C13H17N3O3. The van der Waals surface area contributed by atoms with E-state index in [0.29, 0.717) is 17.5 Å². The number of rotatable bonds is 2. The van der Waals surface area contributed by atoms with Gasteiger partial charge in [-0.25, -0.2) is 4.79 Å². The van der Waals surface area contributed by atoms with Crippen molar-refractivity contribution in [1.29, 1.82) is 0 Å². The highest BCUT2D eigenvalue weighted by Gasteiger charge is 2.40. The lowest BCUT2D eigenvalue weighted by Crippen LogP contribution is -2.51. The molecule has 2 atom stereocenters. The molecule has 4 N–H and O–H groups in total. The second-order valence-corrected chi connectivity index (χ2v) is 5.15. The molecule has 2 aliphatic rings. The van der Waals surface area contributed by atoms with Crippen LogP contribution in [0.25, 0.3) is 0 Å². The molecule has 2 aliphatic heterocycles. The van der Waals surface area contributed by atoms with Crippen LogP contribution in [-0.2, 0) is 6.54 Å². The van der Waals surface area contributed by atoms with Crippen LogP contribution in [0.15, 0.2) is 18.2 Å². The van der Waals surface area contributed by atoms with Gasteiger partial charge in [-0.15, -0.1) is 0 Å². The van der Waals surface area contributed by atoms with E-state index < -0.39 is 0 Å². The van der Waals surface area contributed by atoms with E-state index in [2.05, 4.69) is 10.6 Å². The van der Waals surface area contributed by atoms with Crippen LogP contribution in [0, 0.1) is 5.92 Å². The normalized spacial score (nSPS) is 24.7. The van der Waals surface area contributed by atoms with Gasteiger partial charge in [-0.1, -0.05) is 0 Å². The van der Waals surface area contributed by atoms with E-state index in [0.717, 1.165) is 19.6 Å². The van der Waals surface area contributed by atoms with Crippen molar-refractivity contribution in [1.82, 2.24) is 15.5 Å². The average Bonchev–Trinajstić information content (AvgIpc) is 2.64. The highest BCUT2D eigenvalue weighted by atomic mass is 16.3. The number of carbonyl (C=O) groups excluding carboxylic acids is 1. The largest absolute Gasteiger partial charge is 0.508 e. The first-order valence-corrected chi connectivity index (χ1v) is 6.40. The summed E-state index contributed by atoms with van der Waals surface area (Å²) < 4.78 is 0. The van der Waals surface area contributed by atoms with Crippen LogP contribution in [-0.4, -0.2) is 46.8 Å². The van der Waals surface area contributed by atoms with Gasteiger partial charge in [-0.3, -0.25) is 0 Å². The van der Waals surface area contributed by atoms with Gasteiger partial charge in [0, 0.05) is 49.8 Å². The smallest absolute Gasteiger partial charge is 0.317 e. The van der Waals surface area contributed by atoms with Crippen LogP contribution < -0.4 is 10.6 Å². The summed E-state index contributed by atoms with van der Waals surface area (Å²) in [6.07, 6.45) is 0. The molecule has 102 valence electrons. The monoisotopic (exact) mass is 263 g/mol. The first-order chi connectivity index (χ1) is 9.13. The van der Waals surface area contributed by atoms with Crippen molar-refractivity contribution in [3.05, 3.63) is 23.8 Å². The number of phenols is 2. The van der Waals surface area contributed by atoms with E-state index in [9.17, 15) is 15.0 Å². The third kappa shape index (κ3) is 2.31. The van der Waals surface area contributed by atoms with Crippen molar-refractivity contribution in [2.24, 2.45) is 5.92 Å². The molecule has 0 spiro atoms. The third-order valence-electron chi connectivity index (χ3n) is 3.87. The fourth-order valence-electron chi connectivity index (χ4n) is 2.60. The van der Waals surface area contributed by atoms with Crippen molar-refractivity contribution in [3.8, 4) is 11.5 Å². The van der Waals surface area contributed by atoms with Gasteiger partial charge in [0.1, 0.15) is 11.5 Å². The maximum atomic E-state index is 12.0. The molecule has 2 saturated heterocycles. The number of fused-ring (bicyclic) bond motifs is 1. The Hall–Kier alpha value is -1.95. The number of carbonyl (C=O) groups is 1. The van der Waals surface area contributed by atoms with Crippen molar-refractivity contribution in [3.63, 3.8) is 0 Å². The zero-order chi connectivity index (χ0) is 13.4. The molecule has 2 unspecified atom stereocenters. The molecule has 0 aromatic heterocycles. The minimum absolute atomic E-state index is 0.00905. The predicted molar refractivity (Wildman–Crippen MR) is 68.9 cm³/mol. The van der Waals surface area contributed by atoms with Gasteiger partial charge in [0.2, 0.25) is 0 Å². The Kier molecular flexibility index (Phi) is 2.94. The van der Waals surface area contributed by atoms with Crippen LogP contribution in [0.4, 0.5) is 4.79 Å². The first kappa shape index (κ1) is 12.1. The maximum absolute atomic E-state index is 12.0. The second-order valence-electron chi connectivity index (χ2n) is 5.15. The van der Waals surface area contributed by atoms with E-state index in [1.54, 1.807) is 11.0 Å². The van der Waals surface area contributed by atoms with Gasteiger partial charge in [0.15, 0.2) is 0 Å². The average molecular weight is 263 g/mol. The SMILES string of the molecule is O=C(NCc1ccc(O)cc1O)N1CC2CNC2C1. The number of phenolic OH excluding ortho intramolecular Hbond substituents is 2. The number of nitrogens with one attached hydrogen (secondary N) is 2. The zero-order valence-corrected chi connectivity index (χ0v) is 10.5. The minimum Gasteiger partial charge on any atom is -0.508 e. The molecule has 1 aromatic rings. The van der Waals surface area contributed by atoms with Crippen LogP contribution in [0.3, 0.4) is 0 Å². The van der Waals surface area contributed by atoms with Crippen LogP contribution in [0.1, 0.15) is 5.56 Å². The van der Waals surface area contributed by atoms with Crippen molar-refractivity contribution in [2.75, 3.05) is 19.6 Å². The predicted octanol–water partition coefficient (Wildman–Crippen LogP) is 0.211. The van der Waals surface area contributed by atoms with Gasteiger partial charge >= 0.3 is 6.03 Å². The molecule has 1 aromatic carbocycles. The zero-order valence-electron chi connectivity index (χ0n) is 10.5. The van der Waals surface area contributed by atoms with Crippen molar-refractivity contribution < 1.29 is 15.0 Å². The summed E-state index contributed by atoms with van der Waals surface area (Å²) in [6.45, 7) is 2.79. The van der Waals surface area contributed by atoms with Gasteiger partial charge in [0.05, 0.1) is 0 Å². The number of amides is 2. The Bertz CT molecular complexity index is 494. The minimum atomic E-state index is -0.108. The molecule has 6 nitrogen and oxygen atoms in total. The Morgan fingerprint density at radius 3 is 2.84 bits per heavy atom. The van der Waals surface area contributed by atoms with E-state index in [-0.39, 0.29) is 24.1 Å². The second kappa shape index (κ2) is 4.62. The molecule has 6 heteroatoms. The third-order valence-corrected chi connectivity index (χ3v) is 3.87. The molecular weight excluding hydrogens is 246 g/mol. The topological polar surface area (TPSA) is 84.8 Å². The quantitative estimate of drug-likeness (QED) is 0.614. The standard InChI is InChI=1S/C13H17N3O3/c17-10-2-1-8(12(18)3-10)4-15-13(19)16-6-9-5-14-11(9)7-16/h1-3,9,11,14,17-18H,4-7H2,(H,15,19). The highest BCUT2D eigenvalue weighted by molar-refractivity contribution is 5.74. The summed E-state index contributed by atoms with van der Waals surface area (Å²) in [4.78, 5) is 13.8. The summed E-state index contributed by atoms with van der Waals surface area (Å²) in [5.41, 5.74) is 0.589. The fourth-order valence-corrected chi connectivity index (χ4v) is 2.60. The number of likely N-dealkylation sites (tertiary alicyclic amines) is 1. The van der Waals surface area contributed by atoms with Gasteiger partial charge in [-0.2, -0.15) is 0 Å². The summed E-state index contributed by atoms with van der Waals surface area (Å²) in [7, 11) is 0. The molecule has 19 heavy (non-hydrogen) atoms. The number of urea groups is 1. The van der Waals surface area contributed by atoms with Gasteiger partial charge < -0.3 is 25.7 Å². The Morgan fingerprint density at radius 2 is 2.26 bits per heavy atom. The molecule has 0 radical (unpaired) electrons. The number of hydrogen-bond donors (Lipinski definition) is 4. The molecule has 2 heterocycles. The lowest BCUT2D eigenvalue weighted by atomic mass is 9.96. The highest BCUT2D eigenvalue weighted by Crippen LogP contribution is 2.24.